The zero-order chi connectivity index (χ0) is 16.0. The summed E-state index contributed by atoms with van der Waals surface area (Å²) in [7, 11) is 0. The fourth-order valence-corrected chi connectivity index (χ4v) is 2.95. The molecular formula is C16H21F2NO2. The Hall–Kier alpha value is -1.49. The monoisotopic (exact) mass is 297 g/mol. The highest BCUT2D eigenvalue weighted by Gasteiger charge is 2.52. The first-order valence-electron chi connectivity index (χ1n) is 6.99. The molecule has 116 valence electrons. The van der Waals surface area contributed by atoms with E-state index >= 15 is 0 Å². The van der Waals surface area contributed by atoms with Gasteiger partial charge in [0.25, 0.3) is 0 Å². The van der Waals surface area contributed by atoms with Crippen LogP contribution in [0.2, 0.25) is 0 Å². The van der Waals surface area contributed by atoms with E-state index in [0.717, 1.165) is 6.07 Å². The summed E-state index contributed by atoms with van der Waals surface area (Å²) in [6, 6.07) is 3.36. The van der Waals surface area contributed by atoms with Crippen molar-refractivity contribution in [3.63, 3.8) is 0 Å². The summed E-state index contributed by atoms with van der Waals surface area (Å²) in [6.45, 7) is 8.41. The number of aliphatic carboxylic acids is 1. The van der Waals surface area contributed by atoms with Gasteiger partial charge in [0.15, 0.2) is 0 Å². The molecule has 5 heteroatoms. The highest BCUT2D eigenvalue weighted by molar-refractivity contribution is 5.76. The molecule has 1 heterocycles. The Morgan fingerprint density at radius 2 is 2.00 bits per heavy atom. The first-order chi connectivity index (χ1) is 9.55. The average Bonchev–Trinajstić information content (AvgIpc) is 2.68. The number of carboxylic acids is 1. The fourth-order valence-electron chi connectivity index (χ4n) is 2.95. The minimum atomic E-state index is -1.09. The van der Waals surface area contributed by atoms with Crippen LogP contribution in [0.1, 0.15) is 39.2 Å². The van der Waals surface area contributed by atoms with Gasteiger partial charge in [0.05, 0.1) is 5.41 Å². The second-order valence-electron chi connectivity index (χ2n) is 6.99. The molecule has 1 aromatic carbocycles. The van der Waals surface area contributed by atoms with Gasteiger partial charge in [-0.05, 0) is 39.3 Å². The molecule has 1 N–H and O–H groups in total. The number of carbonyl (C=O) groups is 1. The molecular weight excluding hydrogens is 276 g/mol. The van der Waals surface area contributed by atoms with Gasteiger partial charge in [-0.2, -0.15) is 0 Å². The lowest BCUT2D eigenvalue weighted by molar-refractivity contribution is -0.148. The number of carboxylic acid groups (broad SMARTS) is 1. The first kappa shape index (κ1) is 15.9. The number of nitrogens with zero attached hydrogens (tertiary/aromatic N) is 1. The van der Waals surface area contributed by atoms with Crippen LogP contribution >= 0.6 is 0 Å². The lowest BCUT2D eigenvalue weighted by Crippen LogP contribution is -2.42. The summed E-state index contributed by atoms with van der Waals surface area (Å²) in [5, 5.41) is 9.61. The molecule has 3 nitrogen and oxygen atoms in total. The Balaban J connectivity index is 2.46. The van der Waals surface area contributed by atoms with Crippen LogP contribution in [0.4, 0.5) is 8.78 Å². The van der Waals surface area contributed by atoms with Crippen LogP contribution in [0.25, 0.3) is 0 Å². The van der Waals surface area contributed by atoms with E-state index in [2.05, 4.69) is 0 Å². The third kappa shape index (κ3) is 2.79. The molecule has 2 atom stereocenters. The Labute approximate surface area is 123 Å². The molecule has 1 aliphatic heterocycles. The van der Waals surface area contributed by atoms with E-state index in [-0.39, 0.29) is 11.1 Å². The molecule has 21 heavy (non-hydrogen) atoms. The van der Waals surface area contributed by atoms with Gasteiger partial charge in [-0.1, -0.05) is 6.07 Å². The number of hydrogen-bond acceptors (Lipinski definition) is 2. The third-order valence-electron chi connectivity index (χ3n) is 4.47. The van der Waals surface area contributed by atoms with Gasteiger partial charge in [0.2, 0.25) is 0 Å². The zero-order valence-corrected chi connectivity index (χ0v) is 12.8. The largest absolute Gasteiger partial charge is 0.481 e. The van der Waals surface area contributed by atoms with Crippen molar-refractivity contribution < 1.29 is 18.7 Å². The van der Waals surface area contributed by atoms with E-state index in [4.69, 9.17) is 0 Å². The molecule has 0 saturated carbocycles. The van der Waals surface area contributed by atoms with Crippen LogP contribution in [0.15, 0.2) is 18.2 Å². The summed E-state index contributed by atoms with van der Waals surface area (Å²) in [6.07, 6.45) is 0. The van der Waals surface area contributed by atoms with Crippen molar-refractivity contribution in [1.29, 1.82) is 0 Å². The van der Waals surface area contributed by atoms with Crippen molar-refractivity contribution in [3.05, 3.63) is 35.4 Å². The second-order valence-corrected chi connectivity index (χ2v) is 6.99. The Morgan fingerprint density at radius 3 is 2.48 bits per heavy atom. The van der Waals surface area contributed by atoms with Gasteiger partial charge in [-0.25, -0.2) is 8.78 Å². The molecule has 2 unspecified atom stereocenters. The normalized spacial score (nSPS) is 27.0. The van der Waals surface area contributed by atoms with Crippen LogP contribution in [0.3, 0.4) is 0 Å². The Kier molecular flexibility index (Phi) is 3.82. The van der Waals surface area contributed by atoms with Crippen molar-refractivity contribution in [2.24, 2.45) is 5.41 Å². The van der Waals surface area contributed by atoms with Crippen LogP contribution in [-0.4, -0.2) is 34.6 Å². The minimum absolute atomic E-state index is 0.206. The molecule has 1 saturated heterocycles. The van der Waals surface area contributed by atoms with Crippen LogP contribution in [-0.2, 0) is 4.79 Å². The van der Waals surface area contributed by atoms with Gasteiger partial charge in [0, 0.05) is 30.6 Å². The molecule has 0 aromatic heterocycles. The molecule has 0 spiro atoms. The van der Waals surface area contributed by atoms with E-state index in [1.165, 1.54) is 12.1 Å². The standard InChI is InChI=1S/C16H21F2NO2/c1-15(2,3)19-8-12(16(4,9-19)14(20)21)11-6-5-10(17)7-13(11)18/h5-7,12H,8-9H2,1-4H3,(H,20,21). The predicted octanol–water partition coefficient (Wildman–Crippen LogP) is 3.25. The minimum Gasteiger partial charge on any atom is -0.481 e. The number of halogens is 2. The van der Waals surface area contributed by atoms with Crippen LogP contribution in [0, 0.1) is 17.0 Å². The molecule has 2 rings (SSSR count). The number of hydrogen-bond donors (Lipinski definition) is 1. The van der Waals surface area contributed by atoms with E-state index in [0.29, 0.717) is 13.1 Å². The summed E-state index contributed by atoms with van der Waals surface area (Å²) in [4.78, 5) is 13.8. The van der Waals surface area contributed by atoms with E-state index in [1.807, 2.05) is 25.7 Å². The average molecular weight is 297 g/mol. The smallest absolute Gasteiger partial charge is 0.311 e. The molecule has 1 aliphatic rings. The van der Waals surface area contributed by atoms with Crippen LogP contribution in [0.5, 0.6) is 0 Å². The van der Waals surface area contributed by atoms with Crippen molar-refractivity contribution in [2.75, 3.05) is 13.1 Å². The van der Waals surface area contributed by atoms with Gasteiger partial charge >= 0.3 is 5.97 Å². The van der Waals surface area contributed by atoms with Crippen molar-refractivity contribution in [1.82, 2.24) is 4.90 Å². The molecule has 1 aromatic rings. The van der Waals surface area contributed by atoms with Gasteiger partial charge in [-0.15, -0.1) is 0 Å². The molecule has 1 fully saturated rings. The summed E-state index contributed by atoms with van der Waals surface area (Å²) in [5.74, 6) is -2.79. The molecule has 0 amide bonds. The van der Waals surface area contributed by atoms with E-state index in [1.54, 1.807) is 6.92 Å². The van der Waals surface area contributed by atoms with E-state index in [9.17, 15) is 18.7 Å². The maximum absolute atomic E-state index is 14.1. The lowest BCUT2D eigenvalue weighted by Gasteiger charge is -2.32. The highest BCUT2D eigenvalue weighted by atomic mass is 19.1. The predicted molar refractivity (Wildman–Crippen MR) is 76.2 cm³/mol. The maximum Gasteiger partial charge on any atom is 0.311 e. The zero-order valence-electron chi connectivity index (χ0n) is 12.8. The van der Waals surface area contributed by atoms with E-state index < -0.39 is 28.9 Å². The highest BCUT2D eigenvalue weighted by Crippen LogP contribution is 2.45. The van der Waals surface area contributed by atoms with Crippen LogP contribution < -0.4 is 0 Å². The quantitative estimate of drug-likeness (QED) is 0.911. The topological polar surface area (TPSA) is 40.5 Å². The summed E-state index contributed by atoms with van der Waals surface area (Å²) >= 11 is 0. The number of likely N-dealkylation sites (tertiary alicyclic amines) is 1. The summed E-state index contributed by atoms with van der Waals surface area (Å²) in [5.41, 5.74) is -1.03. The van der Waals surface area contributed by atoms with Crippen molar-refractivity contribution >= 4 is 5.97 Å². The van der Waals surface area contributed by atoms with Gasteiger partial charge in [-0.3, -0.25) is 9.69 Å². The lowest BCUT2D eigenvalue weighted by atomic mass is 9.76. The molecule has 0 radical (unpaired) electrons. The van der Waals surface area contributed by atoms with Gasteiger partial charge in [0.1, 0.15) is 11.6 Å². The van der Waals surface area contributed by atoms with Crippen molar-refractivity contribution in [3.8, 4) is 0 Å². The molecule has 0 bridgehead atoms. The molecule has 0 aliphatic carbocycles. The number of benzene rings is 1. The van der Waals surface area contributed by atoms with Gasteiger partial charge < -0.3 is 5.11 Å². The third-order valence-corrected chi connectivity index (χ3v) is 4.47. The Bertz CT molecular complexity index is 568. The fraction of sp³-hybridized carbons (Fsp3) is 0.562. The first-order valence-corrected chi connectivity index (χ1v) is 6.99. The maximum atomic E-state index is 14.1. The Morgan fingerprint density at radius 1 is 1.38 bits per heavy atom. The van der Waals surface area contributed by atoms with Crippen molar-refractivity contribution in [2.45, 2.75) is 39.2 Å². The second kappa shape index (κ2) is 5.05. The summed E-state index contributed by atoms with van der Waals surface area (Å²) < 4.78 is 27.2. The SMILES string of the molecule is CC1(C(=O)O)CN(C(C)(C)C)CC1c1ccc(F)cc1F. The number of rotatable bonds is 2.